The molecule has 1 nitrogen and oxygen atoms in total. The van der Waals surface area contributed by atoms with Crippen LogP contribution in [0.1, 0.15) is 84.1 Å². The van der Waals surface area contributed by atoms with Gasteiger partial charge in [-0.2, -0.15) is 0 Å². The number of hydrogen-bond acceptors (Lipinski definition) is 1. The zero-order valence-electron chi connectivity index (χ0n) is 15.1. The summed E-state index contributed by atoms with van der Waals surface area (Å²) in [5, 5.41) is 0. The Morgan fingerprint density at radius 1 is 1.00 bits per heavy atom. The molecular formula is C20H32F2O. The van der Waals surface area contributed by atoms with E-state index in [0.717, 1.165) is 25.3 Å². The Kier molecular flexibility index (Phi) is 8.75. The van der Waals surface area contributed by atoms with Crippen molar-refractivity contribution in [2.75, 3.05) is 6.61 Å². The van der Waals surface area contributed by atoms with Crippen molar-refractivity contribution in [2.45, 2.75) is 84.2 Å². The number of benzene rings is 1. The van der Waals surface area contributed by atoms with E-state index in [9.17, 15) is 8.78 Å². The van der Waals surface area contributed by atoms with E-state index in [-0.39, 0.29) is 5.92 Å². The topological polar surface area (TPSA) is 9.23 Å². The highest BCUT2D eigenvalue weighted by molar-refractivity contribution is 5.25. The lowest BCUT2D eigenvalue weighted by Gasteiger charge is -2.35. The molecule has 1 aromatic rings. The van der Waals surface area contributed by atoms with Crippen LogP contribution >= 0.6 is 0 Å². The lowest BCUT2D eigenvalue weighted by Crippen LogP contribution is -2.33. The third kappa shape index (κ3) is 6.58. The maximum absolute atomic E-state index is 14.3. The molecule has 0 bridgehead atoms. The normalized spacial score (nSPS) is 13.3. The van der Waals surface area contributed by atoms with Crippen LogP contribution in [-0.2, 0) is 4.74 Å². The average Bonchev–Trinajstić information content (AvgIpc) is 2.47. The van der Waals surface area contributed by atoms with Gasteiger partial charge in [-0.25, -0.2) is 8.78 Å². The quantitative estimate of drug-likeness (QED) is 0.415. The number of rotatable bonds is 11. The predicted octanol–water partition coefficient (Wildman–Crippen LogP) is 6.61. The Balaban J connectivity index is 2.77. The summed E-state index contributed by atoms with van der Waals surface area (Å²) in [6.45, 7) is 8.74. The largest absolute Gasteiger partial charge is 0.375 e. The molecular weight excluding hydrogens is 294 g/mol. The van der Waals surface area contributed by atoms with Gasteiger partial charge in [-0.3, -0.25) is 0 Å². The standard InChI is InChI=1S/C20H32F2O/c1-5-7-8-9-10-11-12-18(20(3,4)23-6-2)17-14-13-16(21)15-19(17)22/h13-15,18H,5-12H2,1-4H3. The van der Waals surface area contributed by atoms with E-state index in [1.165, 1.54) is 31.7 Å². The molecule has 0 radical (unpaired) electrons. The first-order valence-electron chi connectivity index (χ1n) is 9.01. The molecule has 0 aromatic heterocycles. The van der Waals surface area contributed by atoms with Crippen molar-refractivity contribution in [3.05, 3.63) is 35.4 Å². The van der Waals surface area contributed by atoms with Crippen LogP contribution in [0, 0.1) is 11.6 Å². The summed E-state index contributed by atoms with van der Waals surface area (Å²) in [7, 11) is 0. The maximum Gasteiger partial charge on any atom is 0.129 e. The Labute approximate surface area is 140 Å². The number of ether oxygens (including phenoxy) is 1. The second-order valence-electron chi connectivity index (χ2n) is 6.81. The molecule has 1 atom stereocenters. The first kappa shape index (κ1) is 20.1. The summed E-state index contributed by atoms with van der Waals surface area (Å²) in [5.74, 6) is -1.05. The molecule has 0 saturated carbocycles. The van der Waals surface area contributed by atoms with Gasteiger partial charge in [-0.1, -0.05) is 51.5 Å². The molecule has 23 heavy (non-hydrogen) atoms. The van der Waals surface area contributed by atoms with Crippen molar-refractivity contribution in [2.24, 2.45) is 0 Å². The maximum atomic E-state index is 14.3. The average molecular weight is 326 g/mol. The Bertz CT molecular complexity index is 457. The monoisotopic (exact) mass is 326 g/mol. The minimum absolute atomic E-state index is 0.0609. The molecule has 3 heteroatoms. The lowest BCUT2D eigenvalue weighted by molar-refractivity contribution is -0.0342. The molecule has 0 spiro atoms. The van der Waals surface area contributed by atoms with Gasteiger partial charge in [-0.05, 0) is 38.8 Å². The van der Waals surface area contributed by atoms with E-state index in [0.29, 0.717) is 12.2 Å². The van der Waals surface area contributed by atoms with E-state index in [1.807, 2.05) is 20.8 Å². The third-order valence-electron chi connectivity index (χ3n) is 4.54. The minimum atomic E-state index is -0.529. The van der Waals surface area contributed by atoms with Crippen LogP contribution in [0.2, 0.25) is 0 Å². The van der Waals surface area contributed by atoms with Crippen LogP contribution in [0.4, 0.5) is 8.78 Å². The molecule has 0 N–H and O–H groups in total. The summed E-state index contributed by atoms with van der Waals surface area (Å²) < 4.78 is 33.3. The van der Waals surface area contributed by atoms with Gasteiger partial charge in [0, 0.05) is 18.6 Å². The van der Waals surface area contributed by atoms with Crippen LogP contribution in [0.25, 0.3) is 0 Å². The van der Waals surface area contributed by atoms with Gasteiger partial charge in [0.2, 0.25) is 0 Å². The van der Waals surface area contributed by atoms with Crippen molar-refractivity contribution in [1.82, 2.24) is 0 Å². The SMILES string of the molecule is CCCCCCCCC(c1ccc(F)cc1F)C(C)(C)OCC. The van der Waals surface area contributed by atoms with Crippen molar-refractivity contribution in [3.8, 4) is 0 Å². The van der Waals surface area contributed by atoms with Crippen molar-refractivity contribution >= 4 is 0 Å². The second-order valence-corrected chi connectivity index (χ2v) is 6.81. The smallest absolute Gasteiger partial charge is 0.129 e. The van der Waals surface area contributed by atoms with E-state index in [4.69, 9.17) is 4.74 Å². The van der Waals surface area contributed by atoms with Crippen LogP contribution in [0.15, 0.2) is 18.2 Å². The molecule has 0 heterocycles. The van der Waals surface area contributed by atoms with E-state index in [1.54, 1.807) is 6.07 Å². The Morgan fingerprint density at radius 2 is 1.65 bits per heavy atom. The van der Waals surface area contributed by atoms with Gasteiger partial charge in [0.05, 0.1) is 5.60 Å². The van der Waals surface area contributed by atoms with Gasteiger partial charge in [0.25, 0.3) is 0 Å². The second kappa shape index (κ2) is 10.0. The lowest BCUT2D eigenvalue weighted by atomic mass is 9.80. The van der Waals surface area contributed by atoms with Crippen molar-refractivity contribution < 1.29 is 13.5 Å². The van der Waals surface area contributed by atoms with E-state index in [2.05, 4.69) is 6.92 Å². The van der Waals surface area contributed by atoms with E-state index < -0.39 is 17.2 Å². The number of hydrogen-bond donors (Lipinski definition) is 0. The molecule has 0 amide bonds. The molecule has 0 aliphatic carbocycles. The fourth-order valence-corrected chi connectivity index (χ4v) is 3.26. The van der Waals surface area contributed by atoms with Gasteiger partial charge < -0.3 is 4.74 Å². The fraction of sp³-hybridized carbons (Fsp3) is 0.700. The summed E-state index contributed by atoms with van der Waals surface area (Å²) in [4.78, 5) is 0. The van der Waals surface area contributed by atoms with Gasteiger partial charge >= 0.3 is 0 Å². The molecule has 0 aliphatic heterocycles. The van der Waals surface area contributed by atoms with Crippen molar-refractivity contribution in [1.29, 1.82) is 0 Å². The highest BCUT2D eigenvalue weighted by atomic mass is 19.1. The number of halogens is 2. The van der Waals surface area contributed by atoms with Crippen LogP contribution < -0.4 is 0 Å². The fourth-order valence-electron chi connectivity index (χ4n) is 3.26. The highest BCUT2D eigenvalue weighted by Crippen LogP contribution is 2.37. The molecule has 1 aromatic carbocycles. The molecule has 0 aliphatic rings. The Morgan fingerprint density at radius 3 is 2.26 bits per heavy atom. The van der Waals surface area contributed by atoms with Crippen molar-refractivity contribution in [3.63, 3.8) is 0 Å². The van der Waals surface area contributed by atoms with Gasteiger partial charge in [0.15, 0.2) is 0 Å². The zero-order chi connectivity index (χ0) is 17.3. The highest BCUT2D eigenvalue weighted by Gasteiger charge is 2.32. The number of unbranched alkanes of at least 4 members (excludes halogenated alkanes) is 5. The third-order valence-corrected chi connectivity index (χ3v) is 4.54. The molecule has 0 fully saturated rings. The zero-order valence-corrected chi connectivity index (χ0v) is 15.1. The summed E-state index contributed by atoms with van der Waals surface area (Å²) in [5.41, 5.74) is 0.107. The molecule has 0 saturated heterocycles. The van der Waals surface area contributed by atoms with E-state index >= 15 is 0 Å². The first-order chi connectivity index (χ1) is 10.9. The van der Waals surface area contributed by atoms with Gasteiger partial charge in [-0.15, -0.1) is 0 Å². The summed E-state index contributed by atoms with van der Waals surface area (Å²) in [6, 6.07) is 3.90. The summed E-state index contributed by atoms with van der Waals surface area (Å²) >= 11 is 0. The van der Waals surface area contributed by atoms with Crippen LogP contribution in [0.5, 0.6) is 0 Å². The van der Waals surface area contributed by atoms with Crippen LogP contribution in [0.3, 0.4) is 0 Å². The van der Waals surface area contributed by atoms with Gasteiger partial charge in [0.1, 0.15) is 11.6 Å². The summed E-state index contributed by atoms with van der Waals surface area (Å²) in [6.07, 6.45) is 8.06. The predicted molar refractivity (Wildman–Crippen MR) is 92.8 cm³/mol. The molecule has 1 unspecified atom stereocenters. The molecule has 1 rings (SSSR count). The Hall–Kier alpha value is -0.960. The first-order valence-corrected chi connectivity index (χ1v) is 9.01. The molecule has 132 valence electrons. The minimum Gasteiger partial charge on any atom is -0.375 e. The van der Waals surface area contributed by atoms with Crippen LogP contribution in [-0.4, -0.2) is 12.2 Å².